The number of Topliss-reactive ketones (excluding diaryl/α,β-unsaturated/α-hetero) is 1. The first-order valence-electron chi connectivity index (χ1n) is 5.27. The normalized spacial score (nSPS) is 11.1. The van der Waals surface area contributed by atoms with Gasteiger partial charge in [0.15, 0.2) is 5.78 Å². The first-order valence-corrected chi connectivity index (χ1v) is 5.27. The summed E-state index contributed by atoms with van der Waals surface area (Å²) in [7, 11) is 0. The maximum atomic E-state index is 12.8. The Balaban J connectivity index is 3.40. The second-order valence-corrected chi connectivity index (χ2v) is 3.63. The smallest absolute Gasteiger partial charge is 0.387 e. The Kier molecular flexibility index (Phi) is 4.69. The zero-order chi connectivity index (χ0) is 13.9. The Morgan fingerprint density at radius 3 is 2.28 bits per heavy atom. The molecule has 0 aromatic heterocycles. The van der Waals surface area contributed by atoms with Crippen LogP contribution in [0.3, 0.4) is 0 Å². The molecule has 0 spiro atoms. The van der Waals surface area contributed by atoms with Gasteiger partial charge in [0, 0.05) is 16.7 Å². The highest BCUT2D eigenvalue weighted by Crippen LogP contribution is 2.33. The number of alkyl halides is 4. The summed E-state index contributed by atoms with van der Waals surface area (Å²) in [5, 5.41) is 0. The van der Waals surface area contributed by atoms with Crippen LogP contribution in [0.15, 0.2) is 12.1 Å². The van der Waals surface area contributed by atoms with E-state index in [1.807, 2.05) is 0 Å². The summed E-state index contributed by atoms with van der Waals surface area (Å²) in [6.45, 7) is -0.405. The van der Waals surface area contributed by atoms with Crippen molar-refractivity contribution in [2.75, 3.05) is 0 Å². The Labute approximate surface area is 102 Å². The van der Waals surface area contributed by atoms with Crippen molar-refractivity contribution in [2.24, 2.45) is 0 Å². The SMILES string of the molecule is CCc1c(OC(F)F)cc(C(C)=O)cc1C(F)F. The van der Waals surface area contributed by atoms with Crippen LogP contribution in [0.2, 0.25) is 0 Å². The second-order valence-electron chi connectivity index (χ2n) is 3.63. The first-order chi connectivity index (χ1) is 8.36. The molecule has 1 aromatic carbocycles. The van der Waals surface area contributed by atoms with Crippen molar-refractivity contribution in [1.82, 2.24) is 0 Å². The van der Waals surface area contributed by atoms with E-state index in [-0.39, 0.29) is 23.3 Å². The van der Waals surface area contributed by atoms with Crippen LogP contribution in [0.4, 0.5) is 17.6 Å². The third-order valence-corrected chi connectivity index (χ3v) is 2.45. The third-order valence-electron chi connectivity index (χ3n) is 2.45. The second kappa shape index (κ2) is 5.84. The fraction of sp³-hybridized carbons (Fsp3) is 0.417. The Hall–Kier alpha value is -1.59. The number of hydrogen-bond acceptors (Lipinski definition) is 2. The first kappa shape index (κ1) is 14.5. The molecule has 100 valence electrons. The molecule has 0 N–H and O–H groups in total. The van der Waals surface area contributed by atoms with Crippen LogP contribution in [-0.2, 0) is 6.42 Å². The minimum atomic E-state index is -3.12. The van der Waals surface area contributed by atoms with Gasteiger partial charge in [-0.2, -0.15) is 8.78 Å². The number of benzene rings is 1. The lowest BCUT2D eigenvalue weighted by Gasteiger charge is -2.15. The molecule has 0 atom stereocenters. The molecule has 2 nitrogen and oxygen atoms in total. The van der Waals surface area contributed by atoms with Crippen molar-refractivity contribution in [1.29, 1.82) is 0 Å². The van der Waals surface area contributed by atoms with Gasteiger partial charge in [0.2, 0.25) is 0 Å². The highest BCUT2D eigenvalue weighted by atomic mass is 19.3. The van der Waals surface area contributed by atoms with Crippen molar-refractivity contribution >= 4 is 5.78 Å². The molecule has 1 rings (SSSR count). The van der Waals surface area contributed by atoms with Gasteiger partial charge in [-0.05, 0) is 25.5 Å². The minimum Gasteiger partial charge on any atom is -0.435 e. The fourth-order valence-electron chi connectivity index (χ4n) is 1.64. The van der Waals surface area contributed by atoms with Crippen LogP contribution < -0.4 is 4.74 Å². The van der Waals surface area contributed by atoms with E-state index < -0.39 is 24.4 Å². The number of hydrogen-bond donors (Lipinski definition) is 0. The maximum absolute atomic E-state index is 12.8. The molecule has 0 amide bonds. The van der Waals surface area contributed by atoms with Crippen LogP contribution in [0, 0.1) is 0 Å². The molecule has 18 heavy (non-hydrogen) atoms. The van der Waals surface area contributed by atoms with Gasteiger partial charge in [-0.25, -0.2) is 8.78 Å². The van der Waals surface area contributed by atoms with Crippen LogP contribution in [0.1, 0.15) is 41.8 Å². The molecular formula is C12H12F4O2. The standard InChI is InChI=1S/C12H12F4O2/c1-3-8-9(11(13)14)4-7(6(2)17)5-10(8)18-12(15)16/h4-5,11-12H,3H2,1-2H3. The highest BCUT2D eigenvalue weighted by molar-refractivity contribution is 5.94. The topological polar surface area (TPSA) is 26.3 Å². The number of carbonyl (C=O) groups is 1. The molecule has 0 saturated carbocycles. The summed E-state index contributed by atoms with van der Waals surface area (Å²) >= 11 is 0. The van der Waals surface area contributed by atoms with Gasteiger partial charge in [-0.3, -0.25) is 4.79 Å². The molecular weight excluding hydrogens is 252 g/mol. The van der Waals surface area contributed by atoms with Gasteiger partial charge in [0.05, 0.1) is 0 Å². The lowest BCUT2D eigenvalue weighted by molar-refractivity contribution is -0.0506. The summed E-state index contributed by atoms with van der Waals surface area (Å²) in [6, 6.07) is 2.09. The molecule has 0 aliphatic rings. The van der Waals surface area contributed by atoms with Crippen molar-refractivity contribution in [3.8, 4) is 5.75 Å². The lowest BCUT2D eigenvalue weighted by atomic mass is 9.99. The van der Waals surface area contributed by atoms with Crippen molar-refractivity contribution in [2.45, 2.75) is 33.3 Å². The Morgan fingerprint density at radius 2 is 1.89 bits per heavy atom. The number of carbonyl (C=O) groups excluding carboxylic acids is 1. The van der Waals surface area contributed by atoms with Crippen molar-refractivity contribution in [3.05, 3.63) is 28.8 Å². The van der Waals surface area contributed by atoms with Gasteiger partial charge in [-0.15, -0.1) is 0 Å². The fourth-order valence-corrected chi connectivity index (χ4v) is 1.64. The molecule has 1 aromatic rings. The Morgan fingerprint density at radius 1 is 1.28 bits per heavy atom. The van der Waals surface area contributed by atoms with Gasteiger partial charge >= 0.3 is 6.61 Å². The average Bonchev–Trinajstić information content (AvgIpc) is 2.26. The summed E-state index contributed by atoms with van der Waals surface area (Å²) < 4.78 is 54.3. The van der Waals surface area contributed by atoms with Gasteiger partial charge in [-0.1, -0.05) is 6.92 Å². The van der Waals surface area contributed by atoms with E-state index in [0.717, 1.165) is 12.1 Å². The number of rotatable bonds is 5. The van der Waals surface area contributed by atoms with Crippen molar-refractivity contribution in [3.63, 3.8) is 0 Å². The molecule has 0 heterocycles. The van der Waals surface area contributed by atoms with Crippen LogP contribution in [0.25, 0.3) is 0 Å². The quantitative estimate of drug-likeness (QED) is 0.593. The predicted molar refractivity (Wildman–Crippen MR) is 57.4 cm³/mol. The van der Waals surface area contributed by atoms with E-state index in [0.29, 0.717) is 0 Å². The van der Waals surface area contributed by atoms with E-state index in [2.05, 4.69) is 4.74 Å². The molecule has 0 fully saturated rings. The van der Waals surface area contributed by atoms with E-state index in [4.69, 9.17) is 0 Å². The molecule has 0 aliphatic carbocycles. The van der Waals surface area contributed by atoms with Gasteiger partial charge < -0.3 is 4.74 Å². The molecule has 6 heteroatoms. The number of ether oxygens (including phenoxy) is 1. The minimum absolute atomic E-state index is 0.00435. The van der Waals surface area contributed by atoms with E-state index >= 15 is 0 Å². The molecule has 0 aliphatic heterocycles. The Bertz CT molecular complexity index is 444. The molecule has 0 unspecified atom stereocenters. The third kappa shape index (κ3) is 3.21. The summed E-state index contributed by atoms with van der Waals surface area (Å²) in [4.78, 5) is 11.2. The summed E-state index contributed by atoms with van der Waals surface area (Å²) in [5.74, 6) is -0.853. The largest absolute Gasteiger partial charge is 0.435 e. The monoisotopic (exact) mass is 264 g/mol. The van der Waals surface area contributed by atoms with Gasteiger partial charge in [0.1, 0.15) is 5.75 Å². The summed E-state index contributed by atoms with van der Waals surface area (Å²) in [5.41, 5.74) is -0.519. The zero-order valence-electron chi connectivity index (χ0n) is 9.84. The predicted octanol–water partition coefficient (Wildman–Crippen LogP) is 3.99. The number of ketones is 1. The zero-order valence-corrected chi connectivity index (χ0v) is 9.84. The average molecular weight is 264 g/mol. The molecule has 0 saturated heterocycles. The van der Waals surface area contributed by atoms with E-state index in [1.54, 1.807) is 6.92 Å². The van der Waals surface area contributed by atoms with Crippen LogP contribution in [0.5, 0.6) is 5.75 Å². The van der Waals surface area contributed by atoms with E-state index in [1.165, 1.54) is 6.92 Å². The van der Waals surface area contributed by atoms with Crippen LogP contribution >= 0.6 is 0 Å². The van der Waals surface area contributed by atoms with Gasteiger partial charge in [0.25, 0.3) is 6.43 Å². The van der Waals surface area contributed by atoms with Crippen molar-refractivity contribution < 1.29 is 27.1 Å². The highest BCUT2D eigenvalue weighted by Gasteiger charge is 2.20. The summed E-state index contributed by atoms with van der Waals surface area (Å²) in [6.07, 6.45) is -2.74. The maximum Gasteiger partial charge on any atom is 0.387 e. The lowest BCUT2D eigenvalue weighted by Crippen LogP contribution is -2.08. The molecule has 0 bridgehead atoms. The van der Waals surface area contributed by atoms with Crippen LogP contribution in [-0.4, -0.2) is 12.4 Å². The number of halogens is 4. The molecule has 0 radical (unpaired) electrons. The van der Waals surface area contributed by atoms with E-state index in [9.17, 15) is 22.4 Å².